The summed E-state index contributed by atoms with van der Waals surface area (Å²) in [6.07, 6.45) is 10.0. The van der Waals surface area contributed by atoms with Crippen molar-refractivity contribution in [2.24, 2.45) is 11.8 Å². The summed E-state index contributed by atoms with van der Waals surface area (Å²) in [5.74, 6) is 1.58. The van der Waals surface area contributed by atoms with Gasteiger partial charge in [-0.15, -0.1) is 0 Å². The molecule has 4 saturated heterocycles. The number of rotatable bonds is 5. The van der Waals surface area contributed by atoms with E-state index in [4.69, 9.17) is 4.74 Å². The summed E-state index contributed by atoms with van der Waals surface area (Å²) in [6, 6.07) is 0.978. The molecule has 5 heteroatoms. The van der Waals surface area contributed by atoms with E-state index < -0.39 is 0 Å². The number of carbonyl (C=O) groups is 2. The number of ether oxygens (including phenoxy) is 1. The number of esters is 1. The second-order valence-electron chi connectivity index (χ2n) is 8.92. The zero-order valence-corrected chi connectivity index (χ0v) is 16.2. The quantitative estimate of drug-likeness (QED) is 0.557. The second-order valence-corrected chi connectivity index (χ2v) is 8.92. The summed E-state index contributed by atoms with van der Waals surface area (Å²) in [5.41, 5.74) is 0. The van der Waals surface area contributed by atoms with Gasteiger partial charge in [0.15, 0.2) is 0 Å². The average Bonchev–Trinajstić information content (AvgIpc) is 2.63. The highest BCUT2D eigenvalue weighted by Gasteiger charge is 2.49. The zero-order valence-electron chi connectivity index (χ0n) is 16.2. The summed E-state index contributed by atoms with van der Waals surface area (Å²) in [4.78, 5) is 29.4. The molecule has 0 N–H and O–H groups in total. The first-order chi connectivity index (χ1) is 12.7. The van der Waals surface area contributed by atoms with E-state index in [1.165, 1.54) is 12.8 Å². The minimum atomic E-state index is -0.0134. The Bertz CT molecular complexity index is 537. The number of nitrogens with zero attached hydrogens (tertiary/aromatic N) is 2. The Morgan fingerprint density at radius 3 is 2.81 bits per heavy atom. The van der Waals surface area contributed by atoms with Crippen LogP contribution in [0.3, 0.4) is 0 Å². The van der Waals surface area contributed by atoms with Gasteiger partial charge in [0, 0.05) is 51.0 Å². The molecule has 4 aliphatic rings. The van der Waals surface area contributed by atoms with Crippen LogP contribution in [0.5, 0.6) is 0 Å². The van der Waals surface area contributed by atoms with E-state index in [0.717, 1.165) is 64.6 Å². The highest BCUT2D eigenvalue weighted by atomic mass is 16.5. The molecule has 26 heavy (non-hydrogen) atoms. The van der Waals surface area contributed by atoms with Crippen molar-refractivity contribution < 1.29 is 14.3 Å². The van der Waals surface area contributed by atoms with Crippen LogP contribution < -0.4 is 0 Å². The topological polar surface area (TPSA) is 49.9 Å². The lowest BCUT2D eigenvalue weighted by Crippen LogP contribution is -2.65. The number of hydrogen-bond acceptors (Lipinski definition) is 4. The molecule has 4 heterocycles. The van der Waals surface area contributed by atoms with Crippen LogP contribution in [-0.4, -0.2) is 59.5 Å². The molecule has 1 amide bonds. The monoisotopic (exact) mass is 362 g/mol. The van der Waals surface area contributed by atoms with Gasteiger partial charge in [0.1, 0.15) is 6.10 Å². The summed E-state index contributed by atoms with van der Waals surface area (Å²) in [5, 5.41) is 0. The van der Waals surface area contributed by atoms with E-state index in [2.05, 4.69) is 16.7 Å². The van der Waals surface area contributed by atoms with Gasteiger partial charge in [-0.1, -0.05) is 19.8 Å². The third kappa shape index (κ3) is 3.64. The molecular formula is C21H34N2O3. The molecule has 4 aliphatic heterocycles. The standard InChI is InChI=1S/C21H34N2O3/c1-2-3-4-8-21(25)26-17-9-10-22-13-15-11-16(19(22)12-17)14-23-18(15)6-5-7-20(23)24/h15-19H,2-14H2,1H3/t15-,16-,17+,18-,19+/m1/s1. The smallest absolute Gasteiger partial charge is 0.306 e. The van der Waals surface area contributed by atoms with Gasteiger partial charge >= 0.3 is 5.97 Å². The molecule has 0 spiro atoms. The first-order valence-corrected chi connectivity index (χ1v) is 10.9. The van der Waals surface area contributed by atoms with Crippen molar-refractivity contribution in [1.82, 2.24) is 9.80 Å². The molecule has 4 fully saturated rings. The Kier molecular flexibility index (Phi) is 5.53. The predicted molar refractivity (Wildman–Crippen MR) is 99.6 cm³/mol. The van der Waals surface area contributed by atoms with E-state index in [1.807, 2.05) is 0 Å². The molecule has 146 valence electrons. The lowest BCUT2D eigenvalue weighted by molar-refractivity contribution is -0.159. The van der Waals surface area contributed by atoms with E-state index in [9.17, 15) is 9.59 Å². The van der Waals surface area contributed by atoms with Crippen molar-refractivity contribution in [3.8, 4) is 0 Å². The first-order valence-electron chi connectivity index (χ1n) is 10.9. The fraction of sp³-hybridized carbons (Fsp3) is 0.905. The van der Waals surface area contributed by atoms with Crippen LogP contribution in [0.4, 0.5) is 0 Å². The maximum atomic E-state index is 12.4. The Hall–Kier alpha value is -1.10. The van der Waals surface area contributed by atoms with E-state index in [0.29, 0.717) is 36.2 Å². The van der Waals surface area contributed by atoms with Crippen LogP contribution in [0.25, 0.3) is 0 Å². The molecule has 0 radical (unpaired) electrons. The second kappa shape index (κ2) is 7.87. The number of piperidine rings is 4. The van der Waals surface area contributed by atoms with Gasteiger partial charge in [-0.3, -0.25) is 14.5 Å². The van der Waals surface area contributed by atoms with Gasteiger partial charge in [-0.25, -0.2) is 0 Å². The molecule has 4 rings (SSSR count). The van der Waals surface area contributed by atoms with Crippen LogP contribution in [0.1, 0.15) is 71.1 Å². The lowest BCUT2D eigenvalue weighted by Gasteiger charge is -2.57. The summed E-state index contributed by atoms with van der Waals surface area (Å²) in [6.45, 7) is 5.26. The van der Waals surface area contributed by atoms with Crippen LogP contribution in [0.15, 0.2) is 0 Å². The van der Waals surface area contributed by atoms with Gasteiger partial charge in [-0.2, -0.15) is 0 Å². The van der Waals surface area contributed by atoms with E-state index in [-0.39, 0.29) is 12.1 Å². The Morgan fingerprint density at radius 2 is 1.96 bits per heavy atom. The highest BCUT2D eigenvalue weighted by Crippen LogP contribution is 2.43. The van der Waals surface area contributed by atoms with Gasteiger partial charge in [0.25, 0.3) is 0 Å². The SMILES string of the molecule is CCCCCC(=O)O[C@H]1CCN2C[C@H]3C[C@H](CN4C(=O)CCC[C@H]34)[C@@H]2C1. The van der Waals surface area contributed by atoms with Crippen LogP contribution in [0.2, 0.25) is 0 Å². The van der Waals surface area contributed by atoms with E-state index in [1.54, 1.807) is 0 Å². The Balaban J connectivity index is 1.35. The summed E-state index contributed by atoms with van der Waals surface area (Å²) >= 11 is 0. The largest absolute Gasteiger partial charge is 0.462 e. The normalized spacial score (nSPS) is 37.0. The van der Waals surface area contributed by atoms with Crippen molar-refractivity contribution in [1.29, 1.82) is 0 Å². The molecular weight excluding hydrogens is 328 g/mol. The molecule has 0 aromatic carbocycles. The van der Waals surface area contributed by atoms with Crippen molar-refractivity contribution >= 4 is 11.9 Å². The number of fused-ring (bicyclic) bond motifs is 6. The summed E-state index contributed by atoms with van der Waals surface area (Å²) in [7, 11) is 0. The summed E-state index contributed by atoms with van der Waals surface area (Å²) < 4.78 is 5.81. The van der Waals surface area contributed by atoms with Crippen molar-refractivity contribution in [3.05, 3.63) is 0 Å². The fourth-order valence-electron chi connectivity index (χ4n) is 5.92. The number of hydrogen-bond donors (Lipinski definition) is 0. The van der Waals surface area contributed by atoms with Crippen LogP contribution in [0, 0.1) is 11.8 Å². The molecule has 2 bridgehead atoms. The first kappa shape index (κ1) is 18.3. The molecule has 0 aromatic heterocycles. The Labute approximate surface area is 157 Å². The maximum absolute atomic E-state index is 12.4. The van der Waals surface area contributed by atoms with Gasteiger partial charge < -0.3 is 9.64 Å². The highest BCUT2D eigenvalue weighted by molar-refractivity contribution is 5.77. The van der Waals surface area contributed by atoms with Gasteiger partial charge in [0.05, 0.1) is 0 Å². The van der Waals surface area contributed by atoms with Crippen LogP contribution in [-0.2, 0) is 14.3 Å². The molecule has 5 atom stereocenters. The number of unbranched alkanes of at least 4 members (excludes halogenated alkanes) is 2. The number of amides is 1. The molecule has 0 unspecified atom stereocenters. The van der Waals surface area contributed by atoms with E-state index >= 15 is 0 Å². The third-order valence-corrected chi connectivity index (χ3v) is 7.20. The van der Waals surface area contributed by atoms with Crippen molar-refractivity contribution in [2.75, 3.05) is 19.6 Å². The van der Waals surface area contributed by atoms with Gasteiger partial charge in [0.2, 0.25) is 5.91 Å². The number of carbonyl (C=O) groups excluding carboxylic acids is 2. The predicted octanol–water partition coefficient (Wildman–Crippen LogP) is 2.97. The zero-order chi connectivity index (χ0) is 18.1. The van der Waals surface area contributed by atoms with Crippen LogP contribution >= 0.6 is 0 Å². The fourth-order valence-corrected chi connectivity index (χ4v) is 5.92. The molecule has 0 aliphatic carbocycles. The van der Waals surface area contributed by atoms with Crippen molar-refractivity contribution in [3.63, 3.8) is 0 Å². The molecule has 0 aromatic rings. The minimum absolute atomic E-state index is 0.0134. The Morgan fingerprint density at radius 1 is 1.12 bits per heavy atom. The molecule has 0 saturated carbocycles. The average molecular weight is 363 g/mol. The third-order valence-electron chi connectivity index (χ3n) is 7.20. The van der Waals surface area contributed by atoms with Crippen molar-refractivity contribution in [2.45, 2.75) is 89.3 Å². The van der Waals surface area contributed by atoms with Gasteiger partial charge in [-0.05, 0) is 43.9 Å². The maximum Gasteiger partial charge on any atom is 0.306 e. The molecule has 5 nitrogen and oxygen atoms in total. The lowest BCUT2D eigenvalue weighted by atomic mass is 9.70. The minimum Gasteiger partial charge on any atom is -0.462 e.